The molecule has 0 aliphatic heterocycles. The van der Waals surface area contributed by atoms with Crippen molar-refractivity contribution in [2.45, 2.75) is 26.4 Å². The minimum absolute atomic E-state index is 0.225. The van der Waals surface area contributed by atoms with Gasteiger partial charge in [-0.15, -0.1) is 0 Å². The van der Waals surface area contributed by atoms with Crippen molar-refractivity contribution in [3.8, 4) is 0 Å². The van der Waals surface area contributed by atoms with Gasteiger partial charge in [-0.3, -0.25) is 9.98 Å². The second kappa shape index (κ2) is 8.62. The molecule has 4 nitrogen and oxygen atoms in total. The Morgan fingerprint density at radius 1 is 1.27 bits per heavy atom. The van der Waals surface area contributed by atoms with Crippen LogP contribution in [0.3, 0.4) is 0 Å². The molecular weight excluding hydrogens is 272 g/mol. The van der Waals surface area contributed by atoms with E-state index in [4.69, 9.17) is 0 Å². The molecule has 0 saturated carbocycles. The smallest absolute Gasteiger partial charge is 0.0481 e. The first kappa shape index (κ1) is 15.8. The Hall–Kier alpha value is -2.62. The fourth-order valence-corrected chi connectivity index (χ4v) is 2.04. The molecule has 2 aromatic rings. The summed E-state index contributed by atoms with van der Waals surface area (Å²) in [4.78, 5) is 8.15. The van der Waals surface area contributed by atoms with Gasteiger partial charge in [0.25, 0.3) is 0 Å². The second-order valence-electron chi connectivity index (χ2n) is 4.95. The van der Waals surface area contributed by atoms with Gasteiger partial charge in [-0.1, -0.05) is 18.2 Å². The van der Waals surface area contributed by atoms with Crippen LogP contribution in [0.1, 0.15) is 31.0 Å². The van der Waals surface area contributed by atoms with Crippen LogP contribution in [0.25, 0.3) is 0 Å². The minimum atomic E-state index is 0.225. The van der Waals surface area contributed by atoms with Gasteiger partial charge in [-0.05, 0) is 43.2 Å². The summed E-state index contributed by atoms with van der Waals surface area (Å²) in [7, 11) is 0. The number of rotatable bonds is 7. The molecule has 0 aliphatic carbocycles. The van der Waals surface area contributed by atoms with Gasteiger partial charge >= 0.3 is 0 Å². The lowest BCUT2D eigenvalue weighted by Crippen LogP contribution is -2.11. The molecule has 114 valence electrons. The summed E-state index contributed by atoms with van der Waals surface area (Å²) in [6, 6.07) is 12.6. The van der Waals surface area contributed by atoms with E-state index in [2.05, 4.69) is 57.9 Å². The topological polar surface area (TPSA) is 49.3 Å². The third-order valence-corrected chi connectivity index (χ3v) is 3.26. The second-order valence-corrected chi connectivity index (χ2v) is 4.95. The van der Waals surface area contributed by atoms with E-state index in [-0.39, 0.29) is 6.04 Å². The summed E-state index contributed by atoms with van der Waals surface area (Å²) in [5.41, 5.74) is 3.49. The first-order chi connectivity index (χ1) is 10.8. The van der Waals surface area contributed by atoms with E-state index in [1.807, 2.05) is 25.4 Å². The van der Waals surface area contributed by atoms with Gasteiger partial charge < -0.3 is 10.6 Å². The molecule has 0 saturated heterocycles. The molecule has 0 radical (unpaired) electrons. The van der Waals surface area contributed by atoms with Crippen LogP contribution in [0, 0.1) is 0 Å². The SMILES string of the molecule is CC=N/C=C/NC(C)c1cccc(NCc2cccnc2)c1. The molecule has 2 N–H and O–H groups in total. The standard InChI is InChI=1S/C18H22N4/c1-3-19-10-11-21-15(2)17-7-4-8-18(12-17)22-14-16-6-5-9-20-13-16/h3-13,15,21-22H,14H2,1-2H3/b11-10+,19-3?. The van der Waals surface area contributed by atoms with Crippen LogP contribution in [-0.4, -0.2) is 11.2 Å². The van der Waals surface area contributed by atoms with Gasteiger partial charge in [0.05, 0.1) is 0 Å². The molecule has 1 unspecified atom stereocenters. The maximum Gasteiger partial charge on any atom is 0.0481 e. The summed E-state index contributed by atoms with van der Waals surface area (Å²) < 4.78 is 0. The van der Waals surface area contributed by atoms with Crippen molar-refractivity contribution in [1.29, 1.82) is 0 Å². The monoisotopic (exact) mass is 294 g/mol. The number of hydrogen-bond donors (Lipinski definition) is 2. The van der Waals surface area contributed by atoms with Crippen LogP contribution >= 0.6 is 0 Å². The molecule has 4 heteroatoms. The number of aliphatic imine (C=N–C) groups is 1. The number of hydrogen-bond acceptors (Lipinski definition) is 4. The molecule has 1 atom stereocenters. The van der Waals surface area contributed by atoms with Crippen molar-refractivity contribution >= 4 is 11.9 Å². The highest BCUT2D eigenvalue weighted by Crippen LogP contribution is 2.18. The predicted octanol–water partition coefficient (Wildman–Crippen LogP) is 3.91. The van der Waals surface area contributed by atoms with E-state index in [1.54, 1.807) is 18.6 Å². The molecule has 1 heterocycles. The average molecular weight is 294 g/mol. The zero-order chi connectivity index (χ0) is 15.6. The van der Waals surface area contributed by atoms with Crippen molar-refractivity contribution in [3.05, 3.63) is 72.3 Å². The maximum atomic E-state index is 4.12. The minimum Gasteiger partial charge on any atom is -0.383 e. The summed E-state index contributed by atoms with van der Waals surface area (Å²) in [5.74, 6) is 0. The van der Waals surface area contributed by atoms with Crippen molar-refractivity contribution in [2.75, 3.05) is 5.32 Å². The number of aromatic nitrogens is 1. The number of pyridine rings is 1. The van der Waals surface area contributed by atoms with E-state index >= 15 is 0 Å². The zero-order valence-electron chi connectivity index (χ0n) is 13.0. The van der Waals surface area contributed by atoms with Crippen molar-refractivity contribution in [1.82, 2.24) is 10.3 Å². The first-order valence-corrected chi connectivity index (χ1v) is 7.41. The molecule has 0 fully saturated rings. The molecule has 0 amide bonds. The Labute approximate surface area is 132 Å². The summed E-state index contributed by atoms with van der Waals surface area (Å²) in [6.07, 6.45) is 9.03. The zero-order valence-corrected chi connectivity index (χ0v) is 13.0. The Bertz CT molecular complexity index is 620. The van der Waals surface area contributed by atoms with Crippen molar-refractivity contribution in [2.24, 2.45) is 4.99 Å². The predicted molar refractivity (Wildman–Crippen MR) is 92.9 cm³/mol. The van der Waals surface area contributed by atoms with Crippen molar-refractivity contribution < 1.29 is 0 Å². The molecule has 1 aromatic heterocycles. The van der Waals surface area contributed by atoms with Crippen LogP contribution in [0.15, 0.2) is 66.2 Å². The largest absolute Gasteiger partial charge is 0.383 e. The molecule has 2 rings (SSSR count). The number of anilines is 1. The van der Waals surface area contributed by atoms with Gasteiger partial charge in [-0.2, -0.15) is 0 Å². The number of nitrogens with one attached hydrogen (secondary N) is 2. The normalized spacial score (nSPS) is 12.6. The molecule has 0 aliphatic rings. The van der Waals surface area contributed by atoms with E-state index in [9.17, 15) is 0 Å². The van der Waals surface area contributed by atoms with Gasteiger partial charge in [-0.25, -0.2) is 0 Å². The van der Waals surface area contributed by atoms with Crippen LogP contribution in [-0.2, 0) is 6.54 Å². The highest BCUT2D eigenvalue weighted by molar-refractivity contribution is 5.54. The van der Waals surface area contributed by atoms with Gasteiger partial charge in [0.1, 0.15) is 0 Å². The van der Waals surface area contributed by atoms with Crippen LogP contribution in [0.4, 0.5) is 5.69 Å². The average Bonchev–Trinajstić information content (AvgIpc) is 2.58. The fourth-order valence-electron chi connectivity index (χ4n) is 2.04. The Morgan fingerprint density at radius 2 is 2.18 bits per heavy atom. The lowest BCUT2D eigenvalue weighted by atomic mass is 10.1. The van der Waals surface area contributed by atoms with Crippen LogP contribution < -0.4 is 10.6 Å². The summed E-state index contributed by atoms with van der Waals surface area (Å²) in [5, 5.41) is 6.73. The lowest BCUT2D eigenvalue weighted by molar-refractivity contribution is 0.685. The number of nitrogens with zero attached hydrogens (tertiary/aromatic N) is 2. The molecule has 0 bridgehead atoms. The highest BCUT2D eigenvalue weighted by atomic mass is 14.9. The highest BCUT2D eigenvalue weighted by Gasteiger charge is 2.03. The molecule has 22 heavy (non-hydrogen) atoms. The van der Waals surface area contributed by atoms with Gasteiger partial charge in [0.15, 0.2) is 0 Å². The third kappa shape index (κ3) is 5.05. The Morgan fingerprint density at radius 3 is 2.95 bits per heavy atom. The Kier molecular flexibility index (Phi) is 6.18. The third-order valence-electron chi connectivity index (χ3n) is 3.26. The van der Waals surface area contributed by atoms with E-state index in [0.29, 0.717) is 0 Å². The fraction of sp³-hybridized carbons (Fsp3) is 0.222. The first-order valence-electron chi connectivity index (χ1n) is 7.41. The molecular formula is C18H22N4. The van der Waals surface area contributed by atoms with E-state index in [1.165, 1.54) is 11.1 Å². The van der Waals surface area contributed by atoms with Crippen LogP contribution in [0.5, 0.6) is 0 Å². The molecule has 0 spiro atoms. The van der Waals surface area contributed by atoms with Crippen molar-refractivity contribution in [3.63, 3.8) is 0 Å². The van der Waals surface area contributed by atoms with E-state index in [0.717, 1.165) is 12.2 Å². The van der Waals surface area contributed by atoms with Crippen LogP contribution in [0.2, 0.25) is 0 Å². The quantitative estimate of drug-likeness (QED) is 0.761. The summed E-state index contributed by atoms with van der Waals surface area (Å²) >= 11 is 0. The molecule has 1 aromatic carbocycles. The van der Waals surface area contributed by atoms with E-state index < -0.39 is 0 Å². The Balaban J connectivity index is 1.94. The van der Waals surface area contributed by atoms with Gasteiger partial charge in [0, 0.05) is 49.3 Å². The number of benzene rings is 1. The van der Waals surface area contributed by atoms with Gasteiger partial charge in [0.2, 0.25) is 0 Å². The summed E-state index contributed by atoms with van der Waals surface area (Å²) in [6.45, 7) is 4.79. The lowest BCUT2D eigenvalue weighted by Gasteiger charge is -2.14. The maximum absolute atomic E-state index is 4.12.